The van der Waals surface area contributed by atoms with E-state index in [2.05, 4.69) is 15.3 Å². The number of ether oxygens (including phenoxy) is 1. The molecule has 0 aliphatic heterocycles. The van der Waals surface area contributed by atoms with Crippen LogP contribution in [0.1, 0.15) is 12.5 Å². The first-order valence-corrected chi connectivity index (χ1v) is 7.89. The van der Waals surface area contributed by atoms with Crippen LogP contribution in [0.5, 0.6) is 5.75 Å². The molecule has 3 N–H and O–H groups in total. The van der Waals surface area contributed by atoms with Gasteiger partial charge in [-0.25, -0.2) is 4.79 Å². The monoisotopic (exact) mass is 351 g/mol. The van der Waals surface area contributed by atoms with Crippen LogP contribution in [-0.4, -0.2) is 16.6 Å². The lowest BCUT2D eigenvalue weighted by atomic mass is 10.2. The quantitative estimate of drug-likeness (QED) is 0.645. The van der Waals surface area contributed by atoms with E-state index in [1.54, 1.807) is 0 Å². The summed E-state index contributed by atoms with van der Waals surface area (Å²) in [6.07, 6.45) is 0. The zero-order valence-electron chi connectivity index (χ0n) is 12.4. The highest BCUT2D eigenvalue weighted by Gasteiger charge is 2.09. The maximum atomic E-state index is 11.3. The van der Waals surface area contributed by atoms with Crippen LogP contribution >= 0.6 is 23.2 Å². The standard InChI is InChI=1S/C16H15Cl2N3O2/c1-2-23-15-11(17)5-9(6-12(15)18)8-19-10-3-4-13-14(7-10)21-16(22)20-13/h3-7,19H,2,8H2,1H3,(H2,20,21,22). The van der Waals surface area contributed by atoms with Gasteiger partial charge in [0.25, 0.3) is 0 Å². The Morgan fingerprint density at radius 3 is 2.48 bits per heavy atom. The highest BCUT2D eigenvalue weighted by molar-refractivity contribution is 6.37. The summed E-state index contributed by atoms with van der Waals surface area (Å²) in [5.41, 5.74) is 3.12. The zero-order chi connectivity index (χ0) is 16.4. The average Bonchev–Trinajstić information content (AvgIpc) is 2.88. The fourth-order valence-electron chi connectivity index (χ4n) is 2.34. The van der Waals surface area contributed by atoms with E-state index in [9.17, 15) is 4.79 Å². The fraction of sp³-hybridized carbons (Fsp3) is 0.188. The van der Waals surface area contributed by atoms with Crippen molar-refractivity contribution in [2.45, 2.75) is 13.5 Å². The summed E-state index contributed by atoms with van der Waals surface area (Å²) in [5, 5.41) is 4.25. The lowest BCUT2D eigenvalue weighted by Crippen LogP contribution is -2.01. The molecule has 0 radical (unpaired) electrons. The minimum Gasteiger partial charge on any atom is -0.491 e. The second-order valence-corrected chi connectivity index (χ2v) is 5.83. The predicted molar refractivity (Wildman–Crippen MR) is 93.9 cm³/mol. The van der Waals surface area contributed by atoms with Gasteiger partial charge < -0.3 is 20.0 Å². The molecule has 0 atom stereocenters. The first-order chi connectivity index (χ1) is 11.1. The third kappa shape index (κ3) is 3.46. The van der Waals surface area contributed by atoms with Crippen molar-refractivity contribution in [3.63, 3.8) is 0 Å². The summed E-state index contributed by atoms with van der Waals surface area (Å²) in [5.74, 6) is 0.505. The van der Waals surface area contributed by atoms with E-state index in [-0.39, 0.29) is 5.69 Å². The minimum absolute atomic E-state index is 0.220. The molecule has 0 aliphatic rings. The van der Waals surface area contributed by atoms with Gasteiger partial charge in [-0.05, 0) is 42.8 Å². The molecular formula is C16H15Cl2N3O2. The number of benzene rings is 2. The van der Waals surface area contributed by atoms with Crippen molar-refractivity contribution in [2.75, 3.05) is 11.9 Å². The summed E-state index contributed by atoms with van der Waals surface area (Å²) in [4.78, 5) is 16.7. The number of imidazole rings is 1. The van der Waals surface area contributed by atoms with Gasteiger partial charge in [0, 0.05) is 12.2 Å². The number of anilines is 1. The molecule has 2 aromatic carbocycles. The molecule has 1 heterocycles. The third-order valence-corrected chi connectivity index (χ3v) is 3.92. The lowest BCUT2D eigenvalue weighted by molar-refractivity contribution is 0.340. The van der Waals surface area contributed by atoms with Gasteiger partial charge in [-0.2, -0.15) is 0 Å². The number of nitrogens with one attached hydrogen (secondary N) is 3. The Morgan fingerprint density at radius 1 is 1.09 bits per heavy atom. The number of aromatic amines is 2. The Bertz CT molecular complexity index is 879. The van der Waals surface area contributed by atoms with Crippen LogP contribution < -0.4 is 15.7 Å². The molecule has 0 bridgehead atoms. The molecule has 3 aromatic rings. The topological polar surface area (TPSA) is 69.9 Å². The van der Waals surface area contributed by atoms with Crippen molar-refractivity contribution < 1.29 is 4.74 Å². The number of hydrogen-bond acceptors (Lipinski definition) is 3. The number of halogens is 2. The predicted octanol–water partition coefficient (Wildman–Crippen LogP) is 4.17. The summed E-state index contributed by atoms with van der Waals surface area (Å²) in [6.45, 7) is 2.93. The summed E-state index contributed by atoms with van der Waals surface area (Å²) in [6, 6.07) is 9.24. The molecule has 0 saturated heterocycles. The molecule has 3 rings (SSSR count). The Morgan fingerprint density at radius 2 is 1.78 bits per heavy atom. The Kier molecular flexibility index (Phi) is 4.50. The third-order valence-electron chi connectivity index (χ3n) is 3.36. The molecule has 0 saturated carbocycles. The molecule has 0 amide bonds. The molecule has 1 aromatic heterocycles. The van der Waals surface area contributed by atoms with Crippen molar-refractivity contribution in [1.82, 2.24) is 9.97 Å². The van der Waals surface area contributed by atoms with Crippen LogP contribution in [0, 0.1) is 0 Å². The molecule has 120 valence electrons. The van der Waals surface area contributed by atoms with Crippen molar-refractivity contribution in [3.8, 4) is 5.75 Å². The van der Waals surface area contributed by atoms with Crippen LogP contribution in [0.25, 0.3) is 11.0 Å². The number of H-pyrrole nitrogens is 2. The molecule has 7 heteroatoms. The van der Waals surface area contributed by atoms with Crippen molar-refractivity contribution in [2.24, 2.45) is 0 Å². The number of rotatable bonds is 5. The Hall–Kier alpha value is -2.11. The van der Waals surface area contributed by atoms with Crippen LogP contribution in [0.2, 0.25) is 10.0 Å². The molecule has 0 fully saturated rings. The number of fused-ring (bicyclic) bond motifs is 1. The first kappa shape index (κ1) is 15.8. The van der Waals surface area contributed by atoms with Gasteiger partial charge in [-0.15, -0.1) is 0 Å². The van der Waals surface area contributed by atoms with E-state index in [4.69, 9.17) is 27.9 Å². The molecule has 23 heavy (non-hydrogen) atoms. The van der Waals surface area contributed by atoms with E-state index < -0.39 is 0 Å². The van der Waals surface area contributed by atoms with Gasteiger partial charge >= 0.3 is 5.69 Å². The lowest BCUT2D eigenvalue weighted by Gasteiger charge is -2.11. The van der Waals surface area contributed by atoms with Crippen molar-refractivity contribution >= 4 is 39.9 Å². The maximum Gasteiger partial charge on any atom is 0.323 e. The van der Waals surface area contributed by atoms with E-state index >= 15 is 0 Å². The van der Waals surface area contributed by atoms with E-state index in [0.717, 1.165) is 22.3 Å². The summed E-state index contributed by atoms with van der Waals surface area (Å²) >= 11 is 12.4. The van der Waals surface area contributed by atoms with Crippen LogP contribution in [-0.2, 0) is 6.54 Å². The van der Waals surface area contributed by atoms with Crippen molar-refractivity contribution in [3.05, 3.63) is 56.4 Å². The second-order valence-electron chi connectivity index (χ2n) is 5.01. The number of hydrogen-bond donors (Lipinski definition) is 3. The highest BCUT2D eigenvalue weighted by Crippen LogP contribution is 2.34. The van der Waals surface area contributed by atoms with E-state index in [1.165, 1.54) is 0 Å². The average molecular weight is 352 g/mol. The molecule has 5 nitrogen and oxygen atoms in total. The summed E-state index contributed by atoms with van der Waals surface area (Å²) < 4.78 is 5.41. The van der Waals surface area contributed by atoms with E-state index in [0.29, 0.717) is 28.9 Å². The van der Waals surface area contributed by atoms with Crippen LogP contribution in [0.15, 0.2) is 35.1 Å². The largest absolute Gasteiger partial charge is 0.491 e. The Balaban J connectivity index is 1.77. The Labute approximate surface area is 142 Å². The van der Waals surface area contributed by atoms with Crippen LogP contribution in [0.4, 0.5) is 5.69 Å². The molecule has 0 spiro atoms. The van der Waals surface area contributed by atoms with Gasteiger partial charge in [0.1, 0.15) is 0 Å². The molecule has 0 aliphatic carbocycles. The fourth-order valence-corrected chi connectivity index (χ4v) is 2.98. The van der Waals surface area contributed by atoms with Gasteiger partial charge in [0.2, 0.25) is 0 Å². The number of aromatic nitrogens is 2. The van der Waals surface area contributed by atoms with Gasteiger partial charge in [-0.3, -0.25) is 0 Å². The minimum atomic E-state index is -0.220. The normalized spacial score (nSPS) is 10.9. The second kappa shape index (κ2) is 6.56. The van der Waals surface area contributed by atoms with Crippen molar-refractivity contribution in [1.29, 1.82) is 0 Å². The zero-order valence-corrected chi connectivity index (χ0v) is 13.9. The van der Waals surface area contributed by atoms with E-state index in [1.807, 2.05) is 37.3 Å². The molecular weight excluding hydrogens is 337 g/mol. The smallest absolute Gasteiger partial charge is 0.323 e. The first-order valence-electron chi connectivity index (χ1n) is 7.13. The van der Waals surface area contributed by atoms with Crippen LogP contribution in [0.3, 0.4) is 0 Å². The molecule has 0 unspecified atom stereocenters. The maximum absolute atomic E-state index is 11.3. The SMILES string of the molecule is CCOc1c(Cl)cc(CNc2ccc3[nH]c(=O)[nH]c3c2)cc1Cl. The van der Waals surface area contributed by atoms with Gasteiger partial charge in [0.15, 0.2) is 5.75 Å². The highest BCUT2D eigenvalue weighted by atomic mass is 35.5. The van der Waals surface area contributed by atoms with Gasteiger partial charge in [-0.1, -0.05) is 23.2 Å². The van der Waals surface area contributed by atoms with Gasteiger partial charge in [0.05, 0.1) is 27.7 Å². The summed E-state index contributed by atoms with van der Waals surface area (Å²) in [7, 11) is 0.